The highest BCUT2D eigenvalue weighted by molar-refractivity contribution is 5.69. The van der Waals surface area contributed by atoms with E-state index in [1.807, 2.05) is 0 Å². The Morgan fingerprint density at radius 3 is 2.78 bits per heavy atom. The Morgan fingerprint density at radius 1 is 1.89 bits per heavy atom. The van der Waals surface area contributed by atoms with Crippen LogP contribution in [-0.4, -0.2) is 25.8 Å². The third-order valence-electron chi connectivity index (χ3n) is 0.855. The Labute approximate surface area is 53.0 Å². The Morgan fingerprint density at radius 2 is 2.44 bits per heavy atom. The summed E-state index contributed by atoms with van der Waals surface area (Å²) in [6.07, 6.45) is -0.0486. The van der Waals surface area contributed by atoms with Gasteiger partial charge in [-0.2, -0.15) is 0 Å². The monoisotopic (exact) mass is 135 g/mol. The molecular weight excluding hydrogens is 125 g/mol. The van der Waals surface area contributed by atoms with Crippen LogP contribution < -0.4 is 5.73 Å². The van der Waals surface area contributed by atoms with E-state index in [1.165, 1.54) is 7.11 Å². The van der Waals surface area contributed by atoms with E-state index in [-0.39, 0.29) is 6.42 Å². The molecule has 1 atom stereocenters. The summed E-state index contributed by atoms with van der Waals surface area (Å²) in [5.41, 5.74) is 5.07. The van der Waals surface area contributed by atoms with Gasteiger partial charge in [0.2, 0.25) is 0 Å². The predicted octanol–water partition coefficient (Wildman–Crippen LogP) is -0.154. The summed E-state index contributed by atoms with van der Waals surface area (Å²) in [6, 6.07) is -0.711. The summed E-state index contributed by atoms with van der Waals surface area (Å²) in [6.45, 7) is -0.685. The first-order valence-corrected chi connectivity index (χ1v) is 2.59. The summed E-state index contributed by atoms with van der Waals surface area (Å²) in [5, 5.41) is 0. The molecule has 2 N–H and O–H groups in total. The normalized spacial score (nSPS) is 12.8. The summed E-state index contributed by atoms with van der Waals surface area (Å²) in [4.78, 5) is 10.3. The molecule has 0 spiro atoms. The molecule has 0 saturated carbocycles. The van der Waals surface area contributed by atoms with E-state index in [2.05, 4.69) is 4.74 Å². The number of esters is 1. The van der Waals surface area contributed by atoms with E-state index >= 15 is 0 Å². The number of hydrogen-bond donors (Lipinski definition) is 1. The van der Waals surface area contributed by atoms with Crippen molar-refractivity contribution < 1.29 is 13.9 Å². The van der Waals surface area contributed by atoms with E-state index in [1.54, 1.807) is 0 Å². The highest BCUT2D eigenvalue weighted by Crippen LogP contribution is 1.90. The van der Waals surface area contributed by atoms with Gasteiger partial charge in [0.1, 0.15) is 6.67 Å². The average Bonchev–Trinajstić information content (AvgIpc) is 1.87. The number of methoxy groups -OCH3 is 1. The van der Waals surface area contributed by atoms with Crippen molar-refractivity contribution in [3.63, 3.8) is 0 Å². The van der Waals surface area contributed by atoms with Crippen molar-refractivity contribution in [2.75, 3.05) is 13.8 Å². The van der Waals surface area contributed by atoms with Crippen molar-refractivity contribution in [3.05, 3.63) is 0 Å². The number of rotatable bonds is 3. The molecule has 0 aliphatic carbocycles. The second-order valence-electron chi connectivity index (χ2n) is 1.69. The first-order valence-electron chi connectivity index (χ1n) is 2.59. The predicted molar refractivity (Wildman–Crippen MR) is 30.6 cm³/mol. The first-order chi connectivity index (χ1) is 4.20. The van der Waals surface area contributed by atoms with Crippen molar-refractivity contribution in [1.29, 1.82) is 0 Å². The fourth-order valence-corrected chi connectivity index (χ4v) is 0.352. The van der Waals surface area contributed by atoms with Crippen molar-refractivity contribution in [2.45, 2.75) is 12.5 Å². The van der Waals surface area contributed by atoms with Gasteiger partial charge in [0.05, 0.1) is 13.5 Å². The number of alkyl halides is 1. The highest BCUT2D eigenvalue weighted by atomic mass is 19.1. The van der Waals surface area contributed by atoms with Gasteiger partial charge in [-0.1, -0.05) is 0 Å². The van der Waals surface area contributed by atoms with Gasteiger partial charge in [0.25, 0.3) is 0 Å². The molecular formula is C5H10FNO2. The lowest BCUT2D eigenvalue weighted by atomic mass is 10.2. The van der Waals surface area contributed by atoms with E-state index in [0.29, 0.717) is 0 Å². The molecule has 0 aliphatic rings. The highest BCUT2D eigenvalue weighted by Gasteiger charge is 2.07. The van der Waals surface area contributed by atoms with Crippen molar-refractivity contribution >= 4 is 5.97 Å². The Balaban J connectivity index is 3.34. The van der Waals surface area contributed by atoms with Crippen LogP contribution in [0.3, 0.4) is 0 Å². The molecule has 0 amide bonds. The maximum absolute atomic E-state index is 11.6. The van der Waals surface area contributed by atoms with Gasteiger partial charge in [-0.3, -0.25) is 4.79 Å². The van der Waals surface area contributed by atoms with Crippen molar-refractivity contribution in [3.8, 4) is 0 Å². The average molecular weight is 135 g/mol. The number of nitrogens with two attached hydrogens (primary N) is 1. The lowest BCUT2D eigenvalue weighted by molar-refractivity contribution is -0.141. The van der Waals surface area contributed by atoms with Gasteiger partial charge in [0.15, 0.2) is 0 Å². The summed E-state index contributed by atoms with van der Waals surface area (Å²) < 4.78 is 15.8. The molecule has 54 valence electrons. The quantitative estimate of drug-likeness (QED) is 0.547. The second kappa shape index (κ2) is 4.26. The largest absolute Gasteiger partial charge is 0.469 e. The van der Waals surface area contributed by atoms with Gasteiger partial charge in [-0.05, 0) is 0 Å². The van der Waals surface area contributed by atoms with E-state index in [9.17, 15) is 9.18 Å². The fraction of sp³-hybridized carbons (Fsp3) is 0.800. The molecule has 3 nitrogen and oxygen atoms in total. The van der Waals surface area contributed by atoms with Crippen LogP contribution in [0.5, 0.6) is 0 Å². The van der Waals surface area contributed by atoms with Crippen LogP contribution in [-0.2, 0) is 9.53 Å². The van der Waals surface area contributed by atoms with Gasteiger partial charge in [-0.15, -0.1) is 0 Å². The summed E-state index contributed by atoms with van der Waals surface area (Å²) in [5.74, 6) is -0.472. The third-order valence-corrected chi connectivity index (χ3v) is 0.855. The van der Waals surface area contributed by atoms with Gasteiger partial charge < -0.3 is 10.5 Å². The summed E-state index contributed by atoms with van der Waals surface area (Å²) in [7, 11) is 1.24. The minimum Gasteiger partial charge on any atom is -0.469 e. The molecule has 0 rings (SSSR count). The lowest BCUT2D eigenvalue weighted by Crippen LogP contribution is -2.26. The maximum atomic E-state index is 11.6. The van der Waals surface area contributed by atoms with Gasteiger partial charge >= 0.3 is 5.97 Å². The Kier molecular flexibility index (Phi) is 3.96. The minimum absolute atomic E-state index is 0.0486. The first kappa shape index (κ1) is 8.36. The molecule has 0 saturated heterocycles. The van der Waals surface area contributed by atoms with Gasteiger partial charge in [-0.25, -0.2) is 4.39 Å². The lowest BCUT2D eigenvalue weighted by Gasteiger charge is -2.02. The van der Waals surface area contributed by atoms with E-state index < -0.39 is 18.7 Å². The second-order valence-corrected chi connectivity index (χ2v) is 1.69. The molecule has 0 aliphatic heterocycles. The standard InChI is InChI=1S/C5H10FNO2/c1-9-5(8)2-4(7)3-6/h4H,2-3,7H2,1H3. The molecule has 1 unspecified atom stereocenters. The maximum Gasteiger partial charge on any atom is 0.307 e. The van der Waals surface area contributed by atoms with Crippen LogP contribution in [0.1, 0.15) is 6.42 Å². The number of carbonyl (C=O) groups excluding carboxylic acids is 1. The zero-order valence-corrected chi connectivity index (χ0v) is 5.26. The Bertz CT molecular complexity index is 97.0. The zero-order valence-electron chi connectivity index (χ0n) is 5.26. The van der Waals surface area contributed by atoms with Crippen LogP contribution in [0.2, 0.25) is 0 Å². The van der Waals surface area contributed by atoms with Crippen LogP contribution in [0.15, 0.2) is 0 Å². The Hall–Kier alpha value is -0.640. The van der Waals surface area contributed by atoms with Gasteiger partial charge in [0, 0.05) is 6.04 Å². The topological polar surface area (TPSA) is 52.3 Å². The zero-order chi connectivity index (χ0) is 7.28. The smallest absolute Gasteiger partial charge is 0.307 e. The molecule has 4 heteroatoms. The van der Waals surface area contributed by atoms with Crippen LogP contribution in [0, 0.1) is 0 Å². The van der Waals surface area contributed by atoms with Crippen LogP contribution in [0.25, 0.3) is 0 Å². The number of ether oxygens (including phenoxy) is 1. The molecule has 0 heterocycles. The molecule has 9 heavy (non-hydrogen) atoms. The molecule has 0 aromatic rings. The van der Waals surface area contributed by atoms with E-state index in [0.717, 1.165) is 0 Å². The number of hydrogen-bond acceptors (Lipinski definition) is 3. The molecule has 0 bridgehead atoms. The van der Waals surface area contributed by atoms with Crippen molar-refractivity contribution in [1.82, 2.24) is 0 Å². The molecule has 0 aromatic heterocycles. The summed E-state index contributed by atoms with van der Waals surface area (Å²) >= 11 is 0. The van der Waals surface area contributed by atoms with E-state index in [4.69, 9.17) is 5.73 Å². The minimum atomic E-state index is -0.711. The molecule has 0 fully saturated rings. The number of carbonyl (C=O) groups is 1. The molecule has 0 aromatic carbocycles. The fourth-order valence-electron chi connectivity index (χ4n) is 0.352. The molecule has 0 radical (unpaired) electrons. The van der Waals surface area contributed by atoms with Crippen LogP contribution in [0.4, 0.5) is 4.39 Å². The third kappa shape index (κ3) is 3.90. The van der Waals surface area contributed by atoms with Crippen LogP contribution >= 0.6 is 0 Å². The SMILES string of the molecule is COC(=O)CC(N)CF. The number of halogens is 1. The van der Waals surface area contributed by atoms with Crippen molar-refractivity contribution in [2.24, 2.45) is 5.73 Å².